The molecule has 0 aromatic carbocycles. The summed E-state index contributed by atoms with van der Waals surface area (Å²) in [6.45, 7) is 0.813. The number of nitrogens with two attached hydrogens (primary N) is 3. The van der Waals surface area contributed by atoms with E-state index in [9.17, 15) is 34.2 Å². The molecule has 12 N–H and O–H groups in total. The van der Waals surface area contributed by atoms with Crippen LogP contribution >= 0.6 is 0 Å². The molecule has 0 radical (unpaired) electrons. The summed E-state index contributed by atoms with van der Waals surface area (Å²) >= 11 is 0. The van der Waals surface area contributed by atoms with E-state index in [2.05, 4.69) is 25.9 Å². The fourth-order valence-electron chi connectivity index (χ4n) is 3.42. The van der Waals surface area contributed by atoms with Crippen LogP contribution in [0.3, 0.4) is 0 Å². The van der Waals surface area contributed by atoms with Gasteiger partial charge in [-0.1, -0.05) is 6.42 Å². The van der Waals surface area contributed by atoms with Crippen LogP contribution in [0.2, 0.25) is 0 Å². The highest BCUT2D eigenvalue weighted by Crippen LogP contribution is 2.06. The Labute approximate surface area is 214 Å². The highest BCUT2D eigenvalue weighted by Gasteiger charge is 2.31. The number of carbonyl (C=O) groups excluding carboxylic acids is 3. The summed E-state index contributed by atoms with van der Waals surface area (Å²) in [5.41, 5.74) is 17.3. The van der Waals surface area contributed by atoms with Crippen LogP contribution in [-0.4, -0.2) is 87.1 Å². The van der Waals surface area contributed by atoms with Gasteiger partial charge >= 0.3 is 11.9 Å². The lowest BCUT2D eigenvalue weighted by atomic mass is 10.0. The summed E-state index contributed by atoms with van der Waals surface area (Å²) in [4.78, 5) is 67.9. The van der Waals surface area contributed by atoms with Gasteiger partial charge in [0.1, 0.15) is 18.1 Å². The zero-order chi connectivity index (χ0) is 27.8. The number of imidazole rings is 1. The summed E-state index contributed by atoms with van der Waals surface area (Å²) in [5.74, 6) is -5.14. The van der Waals surface area contributed by atoms with E-state index < -0.39 is 60.2 Å². The van der Waals surface area contributed by atoms with Gasteiger partial charge in [-0.3, -0.25) is 19.2 Å². The number of carbonyl (C=O) groups is 5. The Hall–Kier alpha value is -3.56. The molecular weight excluding hydrogens is 488 g/mol. The standard InChI is InChI=1S/C22H38N8O7/c23-7-3-1-5-14(25)19(33)28-15(6-2-4-8-24)20(34)29-16(10-18(31)32)21(35)30-17(22(36)37)9-13-11-26-12-27-13/h11-12,14-17H,1-10,23-25H2,(H,26,27)(H,28,33)(H,29,34)(H,30,35)(H,31,32)(H,36,37). The lowest BCUT2D eigenvalue weighted by Gasteiger charge is -2.24. The van der Waals surface area contributed by atoms with Crippen molar-refractivity contribution >= 4 is 29.7 Å². The number of aromatic amines is 1. The van der Waals surface area contributed by atoms with Crippen molar-refractivity contribution in [2.75, 3.05) is 13.1 Å². The first-order valence-corrected chi connectivity index (χ1v) is 12.1. The Kier molecular flexibility index (Phi) is 14.5. The molecule has 4 unspecified atom stereocenters. The second-order valence-corrected chi connectivity index (χ2v) is 8.58. The van der Waals surface area contributed by atoms with Crippen LogP contribution in [0.4, 0.5) is 0 Å². The monoisotopic (exact) mass is 526 g/mol. The van der Waals surface area contributed by atoms with E-state index in [1.54, 1.807) is 0 Å². The van der Waals surface area contributed by atoms with E-state index in [1.807, 2.05) is 0 Å². The van der Waals surface area contributed by atoms with Gasteiger partial charge in [0.25, 0.3) is 0 Å². The molecule has 4 atom stereocenters. The van der Waals surface area contributed by atoms with Gasteiger partial charge in [0.05, 0.1) is 18.8 Å². The van der Waals surface area contributed by atoms with Gasteiger partial charge in [-0.25, -0.2) is 9.78 Å². The number of carboxylic acid groups (broad SMARTS) is 2. The predicted molar refractivity (Wildman–Crippen MR) is 132 cm³/mol. The van der Waals surface area contributed by atoms with Crippen LogP contribution < -0.4 is 33.2 Å². The van der Waals surface area contributed by atoms with Gasteiger partial charge in [0.2, 0.25) is 17.7 Å². The molecular formula is C22H38N8O7. The smallest absolute Gasteiger partial charge is 0.326 e. The van der Waals surface area contributed by atoms with E-state index in [0.29, 0.717) is 50.9 Å². The molecule has 1 aromatic rings. The van der Waals surface area contributed by atoms with E-state index in [0.717, 1.165) is 0 Å². The molecule has 0 aliphatic rings. The lowest BCUT2D eigenvalue weighted by molar-refractivity contribution is -0.143. The van der Waals surface area contributed by atoms with Crippen molar-refractivity contribution in [3.63, 3.8) is 0 Å². The Morgan fingerprint density at radius 3 is 1.95 bits per heavy atom. The number of aromatic nitrogens is 2. The Bertz CT molecular complexity index is 880. The number of amides is 3. The van der Waals surface area contributed by atoms with Crippen molar-refractivity contribution in [2.24, 2.45) is 17.2 Å². The van der Waals surface area contributed by atoms with Crippen LogP contribution in [0, 0.1) is 0 Å². The SMILES string of the molecule is NCCCCC(N)C(=O)NC(CCCCN)C(=O)NC(CC(=O)O)C(=O)NC(Cc1cnc[nH]1)C(=O)O. The molecule has 0 saturated carbocycles. The first-order chi connectivity index (χ1) is 17.6. The van der Waals surface area contributed by atoms with Crippen molar-refractivity contribution in [3.05, 3.63) is 18.2 Å². The van der Waals surface area contributed by atoms with Crippen LogP contribution in [0.25, 0.3) is 0 Å². The van der Waals surface area contributed by atoms with Crippen LogP contribution in [0.5, 0.6) is 0 Å². The Balaban J connectivity index is 2.94. The summed E-state index contributed by atoms with van der Waals surface area (Å²) in [5, 5.41) is 25.9. The van der Waals surface area contributed by atoms with Gasteiger partial charge in [0.15, 0.2) is 0 Å². The summed E-state index contributed by atoms with van der Waals surface area (Å²) in [7, 11) is 0. The maximum atomic E-state index is 13.0. The normalized spacial score (nSPS) is 14.1. The number of carboxylic acids is 2. The average molecular weight is 527 g/mol. The molecule has 0 spiro atoms. The minimum atomic E-state index is -1.60. The number of aliphatic carboxylic acids is 2. The molecule has 15 heteroatoms. The fraction of sp³-hybridized carbons (Fsp3) is 0.636. The highest BCUT2D eigenvalue weighted by atomic mass is 16.4. The average Bonchev–Trinajstić information content (AvgIpc) is 3.35. The van der Waals surface area contributed by atoms with Crippen LogP contribution in [0.15, 0.2) is 12.5 Å². The number of hydrogen-bond donors (Lipinski definition) is 9. The van der Waals surface area contributed by atoms with Gasteiger partial charge in [-0.2, -0.15) is 0 Å². The third-order valence-electron chi connectivity index (χ3n) is 5.49. The molecule has 37 heavy (non-hydrogen) atoms. The minimum absolute atomic E-state index is 0.144. The van der Waals surface area contributed by atoms with Gasteiger partial charge in [-0.15, -0.1) is 0 Å². The van der Waals surface area contributed by atoms with E-state index in [1.165, 1.54) is 12.5 Å². The van der Waals surface area contributed by atoms with E-state index in [4.69, 9.17) is 17.2 Å². The molecule has 0 aliphatic carbocycles. The zero-order valence-corrected chi connectivity index (χ0v) is 20.7. The number of hydrogen-bond acceptors (Lipinski definition) is 9. The zero-order valence-electron chi connectivity index (χ0n) is 20.7. The number of nitrogens with zero attached hydrogens (tertiary/aromatic N) is 1. The summed E-state index contributed by atoms with van der Waals surface area (Å²) < 4.78 is 0. The molecule has 1 heterocycles. The molecule has 0 fully saturated rings. The lowest BCUT2D eigenvalue weighted by Crippen LogP contribution is -2.57. The first kappa shape index (κ1) is 31.5. The highest BCUT2D eigenvalue weighted by molar-refractivity contribution is 5.95. The topological polar surface area (TPSA) is 269 Å². The second-order valence-electron chi connectivity index (χ2n) is 8.58. The molecule has 15 nitrogen and oxygen atoms in total. The maximum absolute atomic E-state index is 13.0. The van der Waals surface area contributed by atoms with Crippen molar-refractivity contribution in [3.8, 4) is 0 Å². The van der Waals surface area contributed by atoms with Crippen LogP contribution in [0.1, 0.15) is 50.6 Å². The minimum Gasteiger partial charge on any atom is -0.481 e. The molecule has 0 saturated heterocycles. The fourth-order valence-corrected chi connectivity index (χ4v) is 3.42. The molecule has 0 bridgehead atoms. The predicted octanol–water partition coefficient (Wildman–Crippen LogP) is -2.45. The van der Waals surface area contributed by atoms with Crippen molar-refractivity contribution in [2.45, 2.75) is 75.5 Å². The Morgan fingerprint density at radius 2 is 1.41 bits per heavy atom. The molecule has 0 aliphatic heterocycles. The van der Waals surface area contributed by atoms with E-state index in [-0.39, 0.29) is 12.8 Å². The maximum Gasteiger partial charge on any atom is 0.326 e. The Morgan fingerprint density at radius 1 is 0.838 bits per heavy atom. The quantitative estimate of drug-likeness (QED) is 0.0853. The summed E-state index contributed by atoms with van der Waals surface area (Å²) in [6, 6.07) is -4.99. The van der Waals surface area contributed by atoms with Gasteiger partial charge < -0.3 is 48.3 Å². The van der Waals surface area contributed by atoms with Gasteiger partial charge in [-0.05, 0) is 45.2 Å². The van der Waals surface area contributed by atoms with Crippen molar-refractivity contribution < 1.29 is 34.2 Å². The van der Waals surface area contributed by atoms with Crippen LogP contribution in [-0.2, 0) is 30.4 Å². The van der Waals surface area contributed by atoms with Gasteiger partial charge in [0, 0.05) is 18.3 Å². The molecule has 3 amide bonds. The number of rotatable bonds is 19. The first-order valence-electron chi connectivity index (χ1n) is 12.1. The number of H-pyrrole nitrogens is 1. The third-order valence-corrected chi connectivity index (χ3v) is 5.49. The molecule has 1 rings (SSSR count). The largest absolute Gasteiger partial charge is 0.481 e. The van der Waals surface area contributed by atoms with Crippen molar-refractivity contribution in [1.82, 2.24) is 25.9 Å². The third kappa shape index (κ3) is 12.3. The molecule has 208 valence electrons. The second kappa shape index (κ2) is 17.0. The van der Waals surface area contributed by atoms with E-state index >= 15 is 0 Å². The number of unbranched alkanes of at least 4 members (excludes halogenated alkanes) is 2. The number of nitrogens with one attached hydrogen (secondary N) is 4. The molecule has 1 aromatic heterocycles. The summed E-state index contributed by atoms with van der Waals surface area (Å²) in [6.07, 6.45) is 4.64. The van der Waals surface area contributed by atoms with Crippen molar-refractivity contribution in [1.29, 1.82) is 0 Å².